The Labute approximate surface area is 133 Å². The molecule has 1 aromatic heterocycles. The number of rotatable bonds is 7. The van der Waals surface area contributed by atoms with Gasteiger partial charge in [-0.2, -0.15) is 10.2 Å². The number of aromatic amines is 1. The molecule has 0 unspecified atom stereocenters. The van der Waals surface area contributed by atoms with Gasteiger partial charge in [-0.05, 0) is 36.2 Å². The molecule has 2 aromatic rings. The van der Waals surface area contributed by atoms with Crippen molar-refractivity contribution in [1.82, 2.24) is 10.2 Å². The summed E-state index contributed by atoms with van der Waals surface area (Å²) in [6, 6.07) is 7.56. The molecule has 0 aliphatic heterocycles. The molecular formula is C15H17ClN4O2. The first kappa shape index (κ1) is 16.0. The van der Waals surface area contributed by atoms with E-state index in [-0.39, 0.29) is 5.02 Å². The quantitative estimate of drug-likeness (QED) is 0.467. The fourth-order valence-electron chi connectivity index (χ4n) is 1.62. The van der Waals surface area contributed by atoms with E-state index in [1.807, 2.05) is 24.3 Å². The molecule has 7 heteroatoms. The van der Waals surface area contributed by atoms with Crippen LogP contribution in [0, 0.1) is 0 Å². The highest BCUT2D eigenvalue weighted by atomic mass is 35.5. The van der Waals surface area contributed by atoms with E-state index < -0.39 is 5.56 Å². The average Bonchev–Trinajstić information content (AvgIpc) is 2.53. The monoisotopic (exact) mass is 320 g/mol. The van der Waals surface area contributed by atoms with Crippen molar-refractivity contribution in [2.45, 2.75) is 19.8 Å². The lowest BCUT2D eigenvalue weighted by atomic mass is 10.2. The second-order valence-electron chi connectivity index (χ2n) is 4.57. The van der Waals surface area contributed by atoms with Gasteiger partial charge < -0.3 is 4.74 Å². The van der Waals surface area contributed by atoms with Crippen LogP contribution in [-0.2, 0) is 0 Å². The Bertz CT molecular complexity index is 683. The second kappa shape index (κ2) is 8.19. The van der Waals surface area contributed by atoms with E-state index in [0.29, 0.717) is 5.69 Å². The Morgan fingerprint density at radius 3 is 2.91 bits per heavy atom. The van der Waals surface area contributed by atoms with E-state index in [0.717, 1.165) is 30.8 Å². The smallest absolute Gasteiger partial charge is 0.285 e. The molecule has 0 amide bonds. The van der Waals surface area contributed by atoms with Crippen LogP contribution in [-0.4, -0.2) is 23.0 Å². The third-order valence-electron chi connectivity index (χ3n) is 2.84. The number of aromatic nitrogens is 2. The Hall–Kier alpha value is -2.34. The number of anilines is 1. The minimum absolute atomic E-state index is 0.0202. The second-order valence-corrected chi connectivity index (χ2v) is 4.95. The fourth-order valence-corrected chi connectivity index (χ4v) is 1.76. The molecule has 0 saturated heterocycles. The molecule has 0 aliphatic carbocycles. The number of benzene rings is 1. The molecule has 2 N–H and O–H groups in total. The van der Waals surface area contributed by atoms with Crippen LogP contribution in [0.15, 0.2) is 40.4 Å². The molecule has 2 rings (SSSR count). The van der Waals surface area contributed by atoms with Crippen molar-refractivity contribution >= 4 is 23.5 Å². The highest BCUT2D eigenvalue weighted by Crippen LogP contribution is 2.14. The van der Waals surface area contributed by atoms with Crippen LogP contribution in [0.25, 0.3) is 0 Å². The van der Waals surface area contributed by atoms with Gasteiger partial charge in [0, 0.05) is 0 Å². The first-order valence-electron chi connectivity index (χ1n) is 6.96. The van der Waals surface area contributed by atoms with Crippen LogP contribution in [0.5, 0.6) is 5.75 Å². The number of unbranched alkanes of at least 4 members (excludes halogenated alkanes) is 1. The summed E-state index contributed by atoms with van der Waals surface area (Å²) in [6.45, 7) is 2.85. The van der Waals surface area contributed by atoms with Gasteiger partial charge in [-0.3, -0.25) is 10.2 Å². The van der Waals surface area contributed by atoms with Gasteiger partial charge >= 0.3 is 0 Å². The molecule has 1 heterocycles. The van der Waals surface area contributed by atoms with Crippen LogP contribution in [0.2, 0.25) is 5.02 Å². The van der Waals surface area contributed by atoms with Crippen molar-refractivity contribution in [2.24, 2.45) is 5.10 Å². The first-order chi connectivity index (χ1) is 10.7. The predicted octanol–water partition coefficient (Wildman–Crippen LogP) is 3.05. The molecule has 0 spiro atoms. The highest BCUT2D eigenvalue weighted by Gasteiger charge is 2.02. The molecule has 0 bridgehead atoms. The van der Waals surface area contributed by atoms with E-state index in [1.165, 1.54) is 6.20 Å². The number of H-pyrrole nitrogens is 1. The lowest BCUT2D eigenvalue weighted by Gasteiger charge is -2.05. The molecule has 0 radical (unpaired) electrons. The van der Waals surface area contributed by atoms with Crippen molar-refractivity contribution in [1.29, 1.82) is 0 Å². The van der Waals surface area contributed by atoms with E-state index in [4.69, 9.17) is 16.3 Å². The van der Waals surface area contributed by atoms with Gasteiger partial charge in [0.15, 0.2) is 0 Å². The summed E-state index contributed by atoms with van der Waals surface area (Å²) in [7, 11) is 0. The minimum Gasteiger partial charge on any atom is -0.494 e. The largest absolute Gasteiger partial charge is 0.494 e. The maximum absolute atomic E-state index is 11.3. The van der Waals surface area contributed by atoms with Gasteiger partial charge in [-0.1, -0.05) is 24.9 Å². The zero-order valence-electron chi connectivity index (χ0n) is 12.2. The van der Waals surface area contributed by atoms with Gasteiger partial charge in [-0.15, -0.1) is 0 Å². The molecule has 1 aromatic carbocycles. The summed E-state index contributed by atoms with van der Waals surface area (Å²) in [5.41, 5.74) is 3.46. The summed E-state index contributed by atoms with van der Waals surface area (Å²) in [4.78, 5) is 11.3. The number of halogens is 1. The number of hydrogen-bond acceptors (Lipinski definition) is 5. The Kier molecular flexibility index (Phi) is 5.97. The summed E-state index contributed by atoms with van der Waals surface area (Å²) >= 11 is 5.82. The maximum Gasteiger partial charge on any atom is 0.285 e. The minimum atomic E-state index is -0.463. The Morgan fingerprint density at radius 1 is 1.41 bits per heavy atom. The lowest BCUT2D eigenvalue weighted by molar-refractivity contribution is 0.309. The Balaban J connectivity index is 1.93. The number of hydrazone groups is 1. The van der Waals surface area contributed by atoms with Crippen molar-refractivity contribution in [3.63, 3.8) is 0 Å². The molecule has 0 fully saturated rings. The van der Waals surface area contributed by atoms with Crippen molar-refractivity contribution in [3.05, 3.63) is 51.4 Å². The van der Waals surface area contributed by atoms with Crippen molar-refractivity contribution < 1.29 is 4.74 Å². The average molecular weight is 321 g/mol. The zero-order valence-corrected chi connectivity index (χ0v) is 12.9. The standard InChI is InChI=1S/C15H17ClN4O2/c1-2-3-8-22-12-6-4-11(5-7-12)9-17-19-13-10-18-20-15(21)14(13)16/h4-7,9-10H,2-3,8H2,1H3,(H2,19,20,21)/b17-9-. The molecule has 6 nitrogen and oxygen atoms in total. The van der Waals surface area contributed by atoms with E-state index in [1.54, 1.807) is 6.21 Å². The molecule has 0 saturated carbocycles. The molecular weight excluding hydrogens is 304 g/mol. The number of nitrogens with one attached hydrogen (secondary N) is 2. The SMILES string of the molecule is CCCCOc1ccc(/C=N\Nc2cn[nH]c(=O)c2Cl)cc1. The molecule has 0 atom stereocenters. The van der Waals surface area contributed by atoms with E-state index in [9.17, 15) is 4.79 Å². The van der Waals surface area contributed by atoms with Gasteiger partial charge in [0.1, 0.15) is 16.5 Å². The van der Waals surface area contributed by atoms with Crippen LogP contribution in [0.1, 0.15) is 25.3 Å². The number of hydrogen-bond donors (Lipinski definition) is 2. The summed E-state index contributed by atoms with van der Waals surface area (Å²) < 4.78 is 5.58. The van der Waals surface area contributed by atoms with Crippen LogP contribution in [0.4, 0.5) is 5.69 Å². The molecule has 22 heavy (non-hydrogen) atoms. The van der Waals surface area contributed by atoms with Crippen LogP contribution in [0.3, 0.4) is 0 Å². The third kappa shape index (κ3) is 4.60. The fraction of sp³-hybridized carbons (Fsp3) is 0.267. The zero-order chi connectivity index (χ0) is 15.8. The van der Waals surface area contributed by atoms with Crippen molar-refractivity contribution in [2.75, 3.05) is 12.0 Å². The molecule has 0 aliphatic rings. The Morgan fingerprint density at radius 2 is 2.18 bits per heavy atom. The molecule has 116 valence electrons. The lowest BCUT2D eigenvalue weighted by Crippen LogP contribution is -2.10. The summed E-state index contributed by atoms with van der Waals surface area (Å²) in [5.74, 6) is 0.834. The van der Waals surface area contributed by atoms with Gasteiger partial charge in [0.25, 0.3) is 5.56 Å². The number of nitrogens with zero attached hydrogens (tertiary/aromatic N) is 2. The predicted molar refractivity (Wildman–Crippen MR) is 87.9 cm³/mol. The summed E-state index contributed by atoms with van der Waals surface area (Å²) in [5, 5.41) is 9.92. The third-order valence-corrected chi connectivity index (χ3v) is 3.22. The van der Waals surface area contributed by atoms with E-state index >= 15 is 0 Å². The van der Waals surface area contributed by atoms with Crippen LogP contribution < -0.4 is 15.7 Å². The normalized spacial score (nSPS) is 10.8. The highest BCUT2D eigenvalue weighted by molar-refractivity contribution is 6.32. The topological polar surface area (TPSA) is 79.4 Å². The van der Waals surface area contributed by atoms with Crippen molar-refractivity contribution in [3.8, 4) is 5.75 Å². The van der Waals surface area contributed by atoms with Gasteiger partial charge in [-0.25, -0.2) is 5.10 Å². The summed E-state index contributed by atoms with van der Waals surface area (Å²) in [6.07, 6.45) is 5.16. The van der Waals surface area contributed by atoms with E-state index in [2.05, 4.69) is 27.6 Å². The van der Waals surface area contributed by atoms with Gasteiger partial charge in [0.2, 0.25) is 0 Å². The first-order valence-corrected chi connectivity index (χ1v) is 7.33. The maximum atomic E-state index is 11.3. The number of ether oxygens (including phenoxy) is 1. The van der Waals surface area contributed by atoms with Gasteiger partial charge in [0.05, 0.1) is 19.0 Å². The van der Waals surface area contributed by atoms with Crippen LogP contribution >= 0.6 is 11.6 Å².